The number of unbranched alkanes of at least 4 members (excludes halogenated alkanes) is 5. The predicted octanol–water partition coefficient (Wildman–Crippen LogP) is 5.90. The number of halogens is 2. The molecule has 2 rings (SSSR count). The molecular weight excluding hydrogens is 326 g/mol. The zero-order valence-electron chi connectivity index (χ0n) is 15.6. The highest BCUT2D eigenvalue weighted by Crippen LogP contribution is 2.36. The minimum absolute atomic E-state index is 0.0417. The lowest BCUT2D eigenvalue weighted by molar-refractivity contribution is -0.326. The lowest BCUT2D eigenvalue weighted by Crippen LogP contribution is -2.38. The summed E-state index contributed by atoms with van der Waals surface area (Å²) in [6.45, 7) is 3.70. The van der Waals surface area contributed by atoms with E-state index in [1.165, 1.54) is 32.1 Å². The van der Waals surface area contributed by atoms with Gasteiger partial charge in [-0.1, -0.05) is 39.0 Å². The fourth-order valence-corrected chi connectivity index (χ4v) is 3.89. The second kappa shape index (κ2) is 12.0. The molecule has 0 atom stereocenters. The fraction of sp³-hybridized carbons (Fsp3) is 0.900. The van der Waals surface area contributed by atoms with Gasteiger partial charge >= 0.3 is 0 Å². The summed E-state index contributed by atoms with van der Waals surface area (Å²) >= 11 is 0. The molecule has 146 valence electrons. The summed E-state index contributed by atoms with van der Waals surface area (Å²) in [6.07, 6.45) is 10.7. The van der Waals surface area contributed by atoms with Crippen molar-refractivity contribution < 1.29 is 23.0 Å². The summed E-state index contributed by atoms with van der Waals surface area (Å²) in [4.78, 5) is 0. The zero-order chi connectivity index (χ0) is 17.9. The van der Waals surface area contributed by atoms with Crippen molar-refractivity contribution in [2.24, 2.45) is 17.8 Å². The standard InChI is InChI=1S/C20H34F2O3/c1-2-3-4-5-6-7-12-23-20-24-14-18(15-25-20)17-10-8-16(9-11-17)13-19(21)22/h13,16-18,20H,2-12,14-15H2,1H3. The molecule has 0 aromatic carbocycles. The molecule has 0 unspecified atom stereocenters. The maximum absolute atomic E-state index is 12.3. The third-order valence-electron chi connectivity index (χ3n) is 5.49. The molecule has 0 amide bonds. The molecule has 5 heteroatoms. The van der Waals surface area contributed by atoms with Gasteiger partial charge in [0, 0.05) is 5.92 Å². The first-order valence-corrected chi connectivity index (χ1v) is 10.1. The van der Waals surface area contributed by atoms with E-state index in [4.69, 9.17) is 14.2 Å². The highest BCUT2D eigenvalue weighted by molar-refractivity contribution is 4.91. The van der Waals surface area contributed by atoms with Gasteiger partial charge in [-0.25, -0.2) is 0 Å². The minimum atomic E-state index is -1.54. The average Bonchev–Trinajstić information content (AvgIpc) is 2.62. The van der Waals surface area contributed by atoms with Crippen molar-refractivity contribution in [3.8, 4) is 0 Å². The number of ether oxygens (including phenoxy) is 3. The third-order valence-corrected chi connectivity index (χ3v) is 5.49. The zero-order valence-corrected chi connectivity index (χ0v) is 15.6. The van der Waals surface area contributed by atoms with E-state index in [0.29, 0.717) is 31.7 Å². The molecule has 2 fully saturated rings. The Labute approximate surface area is 151 Å². The van der Waals surface area contributed by atoms with Crippen molar-refractivity contribution in [3.63, 3.8) is 0 Å². The molecule has 1 saturated heterocycles. The molecule has 1 aliphatic carbocycles. The first-order chi connectivity index (χ1) is 12.2. The number of allylic oxidation sites excluding steroid dienone is 1. The van der Waals surface area contributed by atoms with Crippen LogP contribution in [0.3, 0.4) is 0 Å². The van der Waals surface area contributed by atoms with Crippen molar-refractivity contribution in [1.82, 2.24) is 0 Å². The lowest BCUT2D eigenvalue weighted by atomic mass is 9.76. The molecule has 0 aromatic rings. The molecule has 0 spiro atoms. The van der Waals surface area contributed by atoms with Gasteiger partial charge in [0.15, 0.2) is 0 Å². The summed E-state index contributed by atoms with van der Waals surface area (Å²) in [7, 11) is 0. The largest absolute Gasteiger partial charge is 0.330 e. The van der Waals surface area contributed by atoms with E-state index in [0.717, 1.165) is 38.2 Å². The molecule has 0 N–H and O–H groups in total. The van der Waals surface area contributed by atoms with Crippen LogP contribution in [-0.2, 0) is 14.2 Å². The second-order valence-corrected chi connectivity index (χ2v) is 7.49. The highest BCUT2D eigenvalue weighted by atomic mass is 19.3. The van der Waals surface area contributed by atoms with Crippen molar-refractivity contribution >= 4 is 0 Å². The quantitative estimate of drug-likeness (QED) is 0.454. The summed E-state index contributed by atoms with van der Waals surface area (Å²) in [5.41, 5.74) is 0. The van der Waals surface area contributed by atoms with E-state index < -0.39 is 12.6 Å². The first kappa shape index (κ1) is 20.8. The van der Waals surface area contributed by atoms with Crippen molar-refractivity contribution in [3.05, 3.63) is 12.2 Å². The van der Waals surface area contributed by atoms with Crippen LogP contribution in [0, 0.1) is 17.8 Å². The molecule has 1 aliphatic heterocycles. The maximum atomic E-state index is 12.3. The van der Waals surface area contributed by atoms with Gasteiger partial charge < -0.3 is 14.2 Å². The van der Waals surface area contributed by atoms with Gasteiger partial charge in [-0.15, -0.1) is 0 Å². The van der Waals surface area contributed by atoms with Crippen LogP contribution in [0.15, 0.2) is 12.2 Å². The van der Waals surface area contributed by atoms with Crippen LogP contribution in [-0.4, -0.2) is 26.3 Å². The van der Waals surface area contributed by atoms with Gasteiger partial charge in [-0.3, -0.25) is 0 Å². The van der Waals surface area contributed by atoms with Crippen LogP contribution in [0.5, 0.6) is 0 Å². The Bertz CT molecular complexity index is 369. The molecule has 0 aromatic heterocycles. The third kappa shape index (κ3) is 8.14. The van der Waals surface area contributed by atoms with Gasteiger partial charge in [-0.05, 0) is 50.0 Å². The van der Waals surface area contributed by atoms with Crippen LogP contribution < -0.4 is 0 Å². The van der Waals surface area contributed by atoms with E-state index in [2.05, 4.69) is 6.92 Å². The Hall–Kier alpha value is -0.520. The maximum Gasteiger partial charge on any atom is 0.271 e. The van der Waals surface area contributed by atoms with Gasteiger partial charge in [0.1, 0.15) is 0 Å². The Morgan fingerprint density at radius 2 is 1.56 bits per heavy atom. The van der Waals surface area contributed by atoms with E-state index in [1.54, 1.807) is 0 Å². The summed E-state index contributed by atoms with van der Waals surface area (Å²) < 4.78 is 41.7. The van der Waals surface area contributed by atoms with E-state index >= 15 is 0 Å². The molecule has 2 aliphatic rings. The van der Waals surface area contributed by atoms with Gasteiger partial charge in [0.2, 0.25) is 0 Å². The van der Waals surface area contributed by atoms with E-state index in [-0.39, 0.29) is 5.92 Å². The highest BCUT2D eigenvalue weighted by Gasteiger charge is 2.32. The van der Waals surface area contributed by atoms with Crippen LogP contribution in [0.25, 0.3) is 0 Å². The number of rotatable bonds is 10. The van der Waals surface area contributed by atoms with E-state index in [1.807, 2.05) is 0 Å². The number of hydrogen-bond donors (Lipinski definition) is 0. The molecular formula is C20H34F2O3. The Morgan fingerprint density at radius 1 is 0.920 bits per heavy atom. The Balaban J connectivity index is 1.52. The van der Waals surface area contributed by atoms with E-state index in [9.17, 15) is 8.78 Å². The summed E-state index contributed by atoms with van der Waals surface area (Å²) in [5.74, 6) is 0.931. The van der Waals surface area contributed by atoms with Gasteiger partial charge in [0.05, 0.1) is 19.8 Å². The molecule has 1 heterocycles. The summed E-state index contributed by atoms with van der Waals surface area (Å²) in [6, 6.07) is 0. The van der Waals surface area contributed by atoms with Crippen LogP contribution in [0.2, 0.25) is 0 Å². The average molecular weight is 360 g/mol. The SMILES string of the molecule is CCCCCCCCOC1OCC(C2CCC(C=C(F)F)CC2)CO1. The smallest absolute Gasteiger partial charge is 0.271 e. The van der Waals surface area contributed by atoms with Crippen molar-refractivity contribution in [1.29, 1.82) is 0 Å². The molecule has 1 saturated carbocycles. The van der Waals surface area contributed by atoms with Crippen LogP contribution in [0.4, 0.5) is 8.78 Å². The van der Waals surface area contributed by atoms with Crippen LogP contribution in [0.1, 0.15) is 71.1 Å². The minimum Gasteiger partial charge on any atom is -0.330 e. The Morgan fingerprint density at radius 3 is 2.20 bits per heavy atom. The lowest BCUT2D eigenvalue weighted by Gasteiger charge is -2.36. The predicted molar refractivity (Wildman–Crippen MR) is 94.3 cm³/mol. The topological polar surface area (TPSA) is 27.7 Å². The van der Waals surface area contributed by atoms with Crippen molar-refractivity contribution in [2.75, 3.05) is 19.8 Å². The van der Waals surface area contributed by atoms with Crippen LogP contribution >= 0.6 is 0 Å². The van der Waals surface area contributed by atoms with Crippen molar-refractivity contribution in [2.45, 2.75) is 77.6 Å². The fourth-order valence-electron chi connectivity index (χ4n) is 3.89. The Kier molecular flexibility index (Phi) is 9.96. The van der Waals surface area contributed by atoms with Gasteiger partial charge in [0.25, 0.3) is 12.6 Å². The second-order valence-electron chi connectivity index (χ2n) is 7.49. The number of hydrogen-bond acceptors (Lipinski definition) is 3. The molecule has 25 heavy (non-hydrogen) atoms. The van der Waals surface area contributed by atoms with Gasteiger partial charge in [-0.2, -0.15) is 8.78 Å². The molecule has 0 radical (unpaired) electrons. The monoisotopic (exact) mass is 360 g/mol. The first-order valence-electron chi connectivity index (χ1n) is 10.1. The molecule has 0 bridgehead atoms. The normalized spacial score (nSPS) is 30.2. The molecule has 3 nitrogen and oxygen atoms in total. The summed E-state index contributed by atoms with van der Waals surface area (Å²) in [5, 5.41) is 0.